The van der Waals surface area contributed by atoms with Gasteiger partial charge in [-0.2, -0.15) is 0 Å². The molecule has 0 N–H and O–H groups in total. The third kappa shape index (κ3) is 5.58. The summed E-state index contributed by atoms with van der Waals surface area (Å²) in [6.45, 7) is 4.56. The van der Waals surface area contributed by atoms with Crippen LogP contribution in [0, 0.1) is 0 Å². The molecule has 0 saturated carbocycles. The molecule has 0 spiro atoms. The van der Waals surface area contributed by atoms with E-state index in [2.05, 4.69) is 190 Å². The van der Waals surface area contributed by atoms with Gasteiger partial charge in [-0.25, -0.2) is 14.1 Å². The van der Waals surface area contributed by atoms with Crippen LogP contribution in [0.1, 0.15) is 25.0 Å². The van der Waals surface area contributed by atoms with Gasteiger partial charge in [0.1, 0.15) is 41.1 Å². The van der Waals surface area contributed by atoms with E-state index in [1.165, 1.54) is 11.1 Å². The van der Waals surface area contributed by atoms with Crippen molar-refractivity contribution in [2.24, 2.45) is 0 Å². The third-order valence-electron chi connectivity index (χ3n) is 10.8. The topological polar surface area (TPSA) is 40.8 Å². The Labute approximate surface area is 319 Å². The monoisotopic (exact) mass is 712 g/mol. The van der Waals surface area contributed by atoms with Gasteiger partial charge < -0.3 is 9.30 Å². The van der Waals surface area contributed by atoms with Crippen LogP contribution < -0.4 is 9.30 Å². The maximum atomic E-state index is 6.68. The van der Waals surface area contributed by atoms with Gasteiger partial charge in [-0.1, -0.05) is 105 Å². The highest BCUT2D eigenvalue weighted by Crippen LogP contribution is 2.42. The molecule has 0 aliphatic rings. The van der Waals surface area contributed by atoms with Gasteiger partial charge in [0.05, 0.1) is 22.1 Å². The molecule has 0 bridgehead atoms. The van der Waals surface area contributed by atoms with E-state index in [9.17, 15) is 0 Å². The first-order valence-corrected chi connectivity index (χ1v) is 18.6. The first kappa shape index (κ1) is 32.5. The van der Waals surface area contributed by atoms with Crippen molar-refractivity contribution in [3.63, 3.8) is 0 Å². The van der Waals surface area contributed by atoms with Crippen LogP contribution in [0.4, 0.5) is 0 Å². The first-order chi connectivity index (χ1) is 27.0. The van der Waals surface area contributed by atoms with Crippen molar-refractivity contribution < 1.29 is 9.30 Å². The summed E-state index contributed by atoms with van der Waals surface area (Å²) in [7, 11) is 0. The zero-order chi connectivity index (χ0) is 36.9. The number of fused-ring (bicyclic) bond motifs is 5. The lowest BCUT2D eigenvalue weighted by Gasteiger charge is -2.26. The number of nitrogens with zero attached hydrogens (tertiary/aromatic N) is 5. The van der Waals surface area contributed by atoms with E-state index in [0.717, 1.165) is 67.2 Å². The molecule has 264 valence electrons. The Kier molecular flexibility index (Phi) is 7.70. The largest absolute Gasteiger partial charge is 0.457 e. The summed E-state index contributed by atoms with van der Waals surface area (Å²) >= 11 is 0. The highest BCUT2D eigenvalue weighted by atomic mass is 16.5. The zero-order valence-corrected chi connectivity index (χ0v) is 30.6. The summed E-state index contributed by atoms with van der Waals surface area (Å²) in [5.74, 6) is 2.36. The number of rotatable bonds is 8. The molecule has 0 fully saturated rings. The van der Waals surface area contributed by atoms with Gasteiger partial charge in [0.25, 0.3) is 6.33 Å². The van der Waals surface area contributed by atoms with E-state index in [0.29, 0.717) is 0 Å². The van der Waals surface area contributed by atoms with E-state index in [4.69, 9.17) is 9.72 Å². The molecular formula is C49H38N5O+. The lowest BCUT2D eigenvalue weighted by atomic mass is 9.78. The summed E-state index contributed by atoms with van der Waals surface area (Å²) in [5, 5.41) is 2.27. The lowest BCUT2D eigenvalue weighted by Crippen LogP contribution is -2.27. The SMILES string of the molecule is CC(C)(c1ccccc1)c1ccnc(-n2c3cc(Oc4cccc(-n5cc[n+](-c6ccccc6)c5)c4)ccc3c3c2c2ccccc2n3-c2ccccc2)c1. The Balaban J connectivity index is 1.14. The summed E-state index contributed by atoms with van der Waals surface area (Å²) in [6, 6.07) is 59.3. The molecule has 55 heavy (non-hydrogen) atoms. The van der Waals surface area contributed by atoms with Crippen LogP contribution in [-0.2, 0) is 5.41 Å². The molecular weight excluding hydrogens is 675 g/mol. The van der Waals surface area contributed by atoms with Crippen molar-refractivity contribution in [2.45, 2.75) is 19.3 Å². The normalized spacial score (nSPS) is 11.8. The maximum Gasteiger partial charge on any atom is 0.254 e. The van der Waals surface area contributed by atoms with E-state index in [1.807, 2.05) is 36.5 Å². The van der Waals surface area contributed by atoms with Crippen LogP contribution >= 0.6 is 0 Å². The van der Waals surface area contributed by atoms with E-state index < -0.39 is 0 Å². The van der Waals surface area contributed by atoms with Gasteiger partial charge in [-0.05, 0) is 77.9 Å². The molecule has 0 aliphatic carbocycles. The van der Waals surface area contributed by atoms with Crippen LogP contribution in [0.25, 0.3) is 55.7 Å². The molecule has 0 radical (unpaired) electrons. The number of para-hydroxylation sites is 3. The molecule has 0 aliphatic heterocycles. The lowest BCUT2D eigenvalue weighted by molar-refractivity contribution is -0.594. The number of hydrogen-bond acceptors (Lipinski definition) is 2. The Bertz CT molecular complexity index is 2970. The van der Waals surface area contributed by atoms with Gasteiger partial charge in [-0.3, -0.25) is 4.57 Å². The molecule has 6 heteroatoms. The fourth-order valence-electron chi connectivity index (χ4n) is 7.92. The van der Waals surface area contributed by atoms with Crippen molar-refractivity contribution in [3.05, 3.63) is 206 Å². The summed E-state index contributed by atoms with van der Waals surface area (Å²) < 4.78 is 15.6. The Morgan fingerprint density at radius 1 is 0.545 bits per heavy atom. The van der Waals surface area contributed by atoms with Crippen molar-refractivity contribution in [1.29, 1.82) is 0 Å². The number of benzene rings is 6. The predicted octanol–water partition coefficient (Wildman–Crippen LogP) is 11.3. The van der Waals surface area contributed by atoms with Crippen LogP contribution in [0.15, 0.2) is 195 Å². The Morgan fingerprint density at radius 2 is 1.22 bits per heavy atom. The van der Waals surface area contributed by atoms with E-state index in [1.54, 1.807) is 0 Å². The number of hydrogen-bond donors (Lipinski definition) is 0. The van der Waals surface area contributed by atoms with Crippen LogP contribution in [0.5, 0.6) is 11.5 Å². The van der Waals surface area contributed by atoms with Gasteiger partial charge in [0, 0.05) is 40.2 Å². The molecule has 4 heterocycles. The standard InChI is InChI=1S/C49H38N5O/c1-49(2,35-15-6-3-7-16-35)36-27-28-50-46(31-36)54-45-33-41(55-40-22-14-21-39(32-40)52-30-29-51(34-52)37-17-8-4-9-18-37)25-26-43(45)47-48(54)42-23-12-13-24-44(42)53(47)38-19-10-5-11-20-38/h3-34H,1-2H3/q+1. The van der Waals surface area contributed by atoms with Crippen molar-refractivity contribution >= 4 is 32.8 Å². The number of ether oxygens (including phenoxy) is 1. The van der Waals surface area contributed by atoms with Crippen molar-refractivity contribution in [3.8, 4) is 34.4 Å². The molecule has 10 aromatic rings. The highest BCUT2D eigenvalue weighted by Gasteiger charge is 2.26. The van der Waals surface area contributed by atoms with Gasteiger partial charge in [-0.15, -0.1) is 0 Å². The molecule has 4 aromatic heterocycles. The van der Waals surface area contributed by atoms with Gasteiger partial charge in [0.15, 0.2) is 0 Å². The summed E-state index contributed by atoms with van der Waals surface area (Å²) in [5.41, 5.74) is 9.82. The quantitative estimate of drug-likeness (QED) is 0.147. The van der Waals surface area contributed by atoms with Crippen LogP contribution in [-0.4, -0.2) is 18.7 Å². The molecule has 6 aromatic carbocycles. The van der Waals surface area contributed by atoms with E-state index in [-0.39, 0.29) is 5.41 Å². The molecule has 0 atom stereocenters. The molecule has 0 unspecified atom stereocenters. The molecule has 10 rings (SSSR count). The Hall–Kier alpha value is -7.18. The second-order valence-electron chi connectivity index (χ2n) is 14.5. The molecule has 0 saturated heterocycles. The predicted molar refractivity (Wildman–Crippen MR) is 221 cm³/mol. The summed E-state index contributed by atoms with van der Waals surface area (Å²) in [4.78, 5) is 5.07. The minimum absolute atomic E-state index is 0.238. The number of imidazole rings is 1. The van der Waals surface area contributed by atoms with Gasteiger partial charge >= 0.3 is 0 Å². The fraction of sp³-hybridized carbons (Fsp3) is 0.0612. The fourth-order valence-corrected chi connectivity index (χ4v) is 7.92. The highest BCUT2D eigenvalue weighted by molar-refractivity contribution is 6.20. The number of aromatic nitrogens is 5. The second kappa shape index (κ2) is 13.0. The Morgan fingerprint density at radius 3 is 2.04 bits per heavy atom. The average Bonchev–Trinajstić information content (AvgIpc) is 3.95. The smallest absolute Gasteiger partial charge is 0.254 e. The van der Waals surface area contributed by atoms with Crippen LogP contribution in [0.2, 0.25) is 0 Å². The van der Waals surface area contributed by atoms with E-state index >= 15 is 0 Å². The average molecular weight is 713 g/mol. The molecule has 6 nitrogen and oxygen atoms in total. The van der Waals surface area contributed by atoms with Crippen LogP contribution in [0.3, 0.4) is 0 Å². The number of pyridine rings is 1. The third-order valence-corrected chi connectivity index (χ3v) is 10.8. The first-order valence-electron chi connectivity index (χ1n) is 18.6. The second-order valence-corrected chi connectivity index (χ2v) is 14.5. The van der Waals surface area contributed by atoms with Crippen molar-refractivity contribution in [1.82, 2.24) is 18.7 Å². The van der Waals surface area contributed by atoms with Crippen molar-refractivity contribution in [2.75, 3.05) is 0 Å². The zero-order valence-electron chi connectivity index (χ0n) is 30.6. The summed E-state index contributed by atoms with van der Waals surface area (Å²) in [6.07, 6.45) is 8.14. The minimum Gasteiger partial charge on any atom is -0.457 e. The van der Waals surface area contributed by atoms with Gasteiger partial charge in [0.2, 0.25) is 0 Å². The molecule has 0 amide bonds. The maximum absolute atomic E-state index is 6.68. The minimum atomic E-state index is -0.238.